The van der Waals surface area contributed by atoms with Gasteiger partial charge in [-0.05, 0) is 55.4 Å². The van der Waals surface area contributed by atoms with E-state index in [0.717, 1.165) is 37.0 Å². The van der Waals surface area contributed by atoms with E-state index in [4.69, 9.17) is 4.74 Å². The maximum Gasteiger partial charge on any atom is 0.223 e. The Labute approximate surface area is 156 Å². The fourth-order valence-electron chi connectivity index (χ4n) is 3.89. The van der Waals surface area contributed by atoms with Crippen LogP contribution in [0.3, 0.4) is 0 Å². The molecule has 1 saturated carbocycles. The van der Waals surface area contributed by atoms with Gasteiger partial charge in [0.2, 0.25) is 5.91 Å². The summed E-state index contributed by atoms with van der Waals surface area (Å²) in [5.41, 5.74) is 3.69. The van der Waals surface area contributed by atoms with E-state index in [-0.39, 0.29) is 11.8 Å². The first kappa shape index (κ1) is 18.5. The number of hydrogen-bond donors (Lipinski definition) is 1. The van der Waals surface area contributed by atoms with Gasteiger partial charge in [-0.3, -0.25) is 4.79 Å². The number of carbonyl (C=O) groups excluding carboxylic acids is 1. The Morgan fingerprint density at radius 3 is 2.35 bits per heavy atom. The van der Waals surface area contributed by atoms with Gasteiger partial charge in [-0.1, -0.05) is 54.8 Å². The third-order valence-corrected chi connectivity index (χ3v) is 5.49. The molecule has 0 aliphatic heterocycles. The highest BCUT2D eigenvalue weighted by atomic mass is 16.5. The van der Waals surface area contributed by atoms with E-state index >= 15 is 0 Å². The van der Waals surface area contributed by atoms with Gasteiger partial charge < -0.3 is 10.1 Å². The van der Waals surface area contributed by atoms with Crippen molar-refractivity contribution in [1.29, 1.82) is 0 Å². The number of methoxy groups -OCH3 is 1. The third kappa shape index (κ3) is 4.87. The lowest BCUT2D eigenvalue weighted by atomic mass is 9.75. The van der Waals surface area contributed by atoms with Gasteiger partial charge in [-0.25, -0.2) is 0 Å². The summed E-state index contributed by atoms with van der Waals surface area (Å²) in [6.07, 6.45) is 5.48. The highest BCUT2D eigenvalue weighted by Gasteiger charge is 2.30. The lowest BCUT2D eigenvalue weighted by Crippen LogP contribution is -2.37. The molecule has 0 spiro atoms. The molecule has 2 aromatic carbocycles. The zero-order valence-electron chi connectivity index (χ0n) is 15.8. The van der Waals surface area contributed by atoms with Crippen LogP contribution in [-0.2, 0) is 17.8 Å². The van der Waals surface area contributed by atoms with Crippen molar-refractivity contribution in [3.05, 3.63) is 65.2 Å². The van der Waals surface area contributed by atoms with E-state index in [9.17, 15) is 4.79 Å². The second-order valence-corrected chi connectivity index (χ2v) is 7.41. The zero-order valence-corrected chi connectivity index (χ0v) is 15.8. The molecular formula is C23H29NO2. The summed E-state index contributed by atoms with van der Waals surface area (Å²) in [5.74, 6) is 1.64. The minimum Gasteiger partial charge on any atom is -0.497 e. The van der Waals surface area contributed by atoms with Gasteiger partial charge in [0.1, 0.15) is 5.75 Å². The van der Waals surface area contributed by atoms with Gasteiger partial charge in [0.25, 0.3) is 0 Å². The molecule has 1 fully saturated rings. The van der Waals surface area contributed by atoms with Gasteiger partial charge in [-0.2, -0.15) is 0 Å². The smallest absolute Gasteiger partial charge is 0.223 e. The van der Waals surface area contributed by atoms with Crippen molar-refractivity contribution in [2.75, 3.05) is 7.11 Å². The van der Waals surface area contributed by atoms with E-state index in [1.807, 2.05) is 12.1 Å². The largest absolute Gasteiger partial charge is 0.497 e. The summed E-state index contributed by atoms with van der Waals surface area (Å²) in [7, 11) is 1.69. The van der Waals surface area contributed by atoms with Crippen LogP contribution in [-0.4, -0.2) is 13.0 Å². The number of ether oxygens (including phenoxy) is 1. The van der Waals surface area contributed by atoms with Gasteiger partial charge >= 0.3 is 0 Å². The van der Waals surface area contributed by atoms with Crippen LogP contribution in [0.25, 0.3) is 0 Å². The van der Waals surface area contributed by atoms with Crippen molar-refractivity contribution in [3.8, 4) is 5.75 Å². The lowest BCUT2D eigenvalue weighted by molar-refractivity contribution is -0.127. The molecule has 138 valence electrons. The fraction of sp³-hybridized carbons (Fsp3) is 0.435. The number of rotatable bonds is 6. The second kappa shape index (κ2) is 8.88. The molecule has 26 heavy (non-hydrogen) atoms. The predicted octanol–water partition coefficient (Wildman–Crippen LogP) is 4.67. The summed E-state index contributed by atoms with van der Waals surface area (Å²) in [6, 6.07) is 16.6. The van der Waals surface area contributed by atoms with Crippen molar-refractivity contribution in [2.45, 2.75) is 45.6 Å². The van der Waals surface area contributed by atoms with Crippen molar-refractivity contribution in [2.24, 2.45) is 11.8 Å². The fourth-order valence-corrected chi connectivity index (χ4v) is 3.89. The van der Waals surface area contributed by atoms with E-state index in [2.05, 4.69) is 48.6 Å². The summed E-state index contributed by atoms with van der Waals surface area (Å²) >= 11 is 0. The van der Waals surface area contributed by atoms with Crippen LogP contribution in [0, 0.1) is 18.8 Å². The first-order valence-electron chi connectivity index (χ1n) is 9.62. The number of benzene rings is 2. The Balaban J connectivity index is 1.59. The molecule has 2 aromatic rings. The van der Waals surface area contributed by atoms with Crippen LogP contribution in [0.15, 0.2) is 48.5 Å². The minimum atomic E-state index is 0.122. The molecule has 3 nitrogen and oxygen atoms in total. The highest BCUT2D eigenvalue weighted by Crippen LogP contribution is 2.33. The first-order valence-corrected chi connectivity index (χ1v) is 9.62. The minimum absolute atomic E-state index is 0.122. The SMILES string of the molecule is COc1ccc(CC2CCCCC2C(=O)NCc2ccc(C)cc2)cc1. The first-order chi connectivity index (χ1) is 12.7. The zero-order chi connectivity index (χ0) is 18.4. The van der Waals surface area contributed by atoms with Gasteiger partial charge in [0.05, 0.1) is 7.11 Å². The van der Waals surface area contributed by atoms with Crippen LogP contribution in [0.1, 0.15) is 42.4 Å². The molecule has 1 N–H and O–H groups in total. The molecule has 0 heterocycles. The van der Waals surface area contributed by atoms with E-state index in [1.165, 1.54) is 17.5 Å². The molecule has 2 unspecified atom stereocenters. The molecule has 1 amide bonds. The Morgan fingerprint density at radius 1 is 1.00 bits per heavy atom. The van der Waals surface area contributed by atoms with Crippen LogP contribution >= 0.6 is 0 Å². The molecule has 1 aliphatic carbocycles. The average molecular weight is 351 g/mol. The van der Waals surface area contributed by atoms with Gasteiger partial charge in [-0.15, -0.1) is 0 Å². The van der Waals surface area contributed by atoms with Crippen LogP contribution in [0.4, 0.5) is 0 Å². The van der Waals surface area contributed by atoms with Crippen molar-refractivity contribution in [1.82, 2.24) is 5.32 Å². The topological polar surface area (TPSA) is 38.3 Å². The Morgan fingerprint density at radius 2 is 1.65 bits per heavy atom. The molecule has 0 radical (unpaired) electrons. The van der Waals surface area contributed by atoms with Gasteiger partial charge in [0.15, 0.2) is 0 Å². The average Bonchev–Trinajstić information content (AvgIpc) is 2.68. The Kier molecular flexibility index (Phi) is 6.32. The van der Waals surface area contributed by atoms with E-state index in [0.29, 0.717) is 12.5 Å². The van der Waals surface area contributed by atoms with Crippen molar-refractivity contribution < 1.29 is 9.53 Å². The molecule has 0 aromatic heterocycles. The highest BCUT2D eigenvalue weighted by molar-refractivity contribution is 5.79. The van der Waals surface area contributed by atoms with Crippen molar-refractivity contribution >= 4 is 5.91 Å². The summed E-state index contributed by atoms with van der Waals surface area (Å²) in [5, 5.41) is 3.16. The van der Waals surface area contributed by atoms with Crippen LogP contribution in [0.2, 0.25) is 0 Å². The number of aryl methyl sites for hydroxylation is 1. The Bertz CT molecular complexity index is 706. The molecule has 1 aliphatic rings. The number of nitrogens with one attached hydrogen (secondary N) is 1. The molecular weight excluding hydrogens is 322 g/mol. The molecule has 2 atom stereocenters. The molecule has 3 rings (SSSR count). The second-order valence-electron chi connectivity index (χ2n) is 7.41. The summed E-state index contributed by atoms with van der Waals surface area (Å²) in [6.45, 7) is 2.69. The normalized spacial score (nSPS) is 19.8. The van der Waals surface area contributed by atoms with Gasteiger partial charge in [0, 0.05) is 12.5 Å². The van der Waals surface area contributed by atoms with E-state index < -0.39 is 0 Å². The van der Waals surface area contributed by atoms with E-state index in [1.54, 1.807) is 7.11 Å². The quantitative estimate of drug-likeness (QED) is 0.821. The maximum absolute atomic E-state index is 12.8. The molecule has 0 bridgehead atoms. The molecule has 3 heteroatoms. The Hall–Kier alpha value is -2.29. The maximum atomic E-state index is 12.8. The summed E-state index contributed by atoms with van der Waals surface area (Å²) in [4.78, 5) is 12.8. The monoisotopic (exact) mass is 351 g/mol. The third-order valence-electron chi connectivity index (χ3n) is 5.49. The summed E-state index contributed by atoms with van der Waals surface area (Å²) < 4.78 is 5.24. The van der Waals surface area contributed by atoms with Crippen LogP contribution < -0.4 is 10.1 Å². The molecule has 0 saturated heterocycles. The number of carbonyl (C=O) groups is 1. The number of hydrogen-bond acceptors (Lipinski definition) is 2. The van der Waals surface area contributed by atoms with Crippen molar-refractivity contribution in [3.63, 3.8) is 0 Å². The standard InChI is InChI=1S/C23H29NO2/c1-17-7-9-19(10-8-17)16-24-23(25)22-6-4-3-5-20(22)15-18-11-13-21(26-2)14-12-18/h7-14,20,22H,3-6,15-16H2,1-2H3,(H,24,25). The number of amides is 1. The lowest BCUT2D eigenvalue weighted by Gasteiger charge is -2.30. The van der Waals surface area contributed by atoms with Crippen LogP contribution in [0.5, 0.6) is 5.75 Å². The predicted molar refractivity (Wildman–Crippen MR) is 105 cm³/mol.